The topological polar surface area (TPSA) is 78.2 Å². The first-order valence-corrected chi connectivity index (χ1v) is 8.68. The van der Waals surface area contributed by atoms with E-state index >= 15 is 0 Å². The van der Waals surface area contributed by atoms with Gasteiger partial charge in [-0.3, -0.25) is 4.98 Å². The molecular weight excluding hydrogens is 370 g/mol. The smallest absolute Gasteiger partial charge is 0.319 e. The molecule has 0 amide bonds. The highest BCUT2D eigenvalue weighted by Crippen LogP contribution is 2.46. The van der Waals surface area contributed by atoms with Crippen molar-refractivity contribution in [2.45, 2.75) is 19.8 Å². The van der Waals surface area contributed by atoms with Crippen molar-refractivity contribution in [2.24, 2.45) is 5.41 Å². The lowest BCUT2D eigenvalue weighted by molar-refractivity contribution is -0.0642. The summed E-state index contributed by atoms with van der Waals surface area (Å²) in [5.41, 5.74) is -0.187. The minimum absolute atomic E-state index is 0.134. The minimum Gasteiger partial charge on any atom is -0.479 e. The predicted molar refractivity (Wildman–Crippen MR) is 98.5 cm³/mol. The SMILES string of the molecule is COc1ncc(-n2nc3cnccc3c2N2CC(C)(C)C(F)(F)C2)c(OC)n1. The Morgan fingerprint density at radius 3 is 2.54 bits per heavy atom. The van der Waals surface area contributed by atoms with E-state index in [0.717, 1.165) is 0 Å². The average Bonchev–Trinajstić information content (AvgIpc) is 3.14. The standard InChI is InChI=1S/C18H20F2N6O2/c1-17(2)9-25(10-18(17,19)20)15-11-5-6-21-7-12(11)24-26(15)13-8-22-16(28-4)23-14(13)27-3/h5-8H,9-10H2,1-4H3. The van der Waals surface area contributed by atoms with Crippen LogP contribution < -0.4 is 14.4 Å². The number of pyridine rings is 1. The molecule has 0 aromatic carbocycles. The molecule has 1 aliphatic heterocycles. The van der Waals surface area contributed by atoms with Gasteiger partial charge < -0.3 is 14.4 Å². The lowest BCUT2D eigenvalue weighted by atomic mass is 9.89. The summed E-state index contributed by atoms with van der Waals surface area (Å²) < 4.78 is 41.1. The van der Waals surface area contributed by atoms with Gasteiger partial charge >= 0.3 is 6.01 Å². The molecule has 0 aliphatic carbocycles. The van der Waals surface area contributed by atoms with E-state index in [1.807, 2.05) is 0 Å². The second-order valence-electron chi connectivity index (χ2n) is 7.32. The molecule has 10 heteroatoms. The Kier molecular flexibility index (Phi) is 4.09. The monoisotopic (exact) mass is 390 g/mol. The number of nitrogens with zero attached hydrogens (tertiary/aromatic N) is 6. The quantitative estimate of drug-likeness (QED) is 0.678. The van der Waals surface area contributed by atoms with E-state index in [0.29, 0.717) is 22.4 Å². The summed E-state index contributed by atoms with van der Waals surface area (Å²) in [6.07, 6.45) is 4.69. The molecule has 0 radical (unpaired) electrons. The van der Waals surface area contributed by atoms with Crippen molar-refractivity contribution in [3.8, 4) is 17.6 Å². The second-order valence-corrected chi connectivity index (χ2v) is 7.32. The number of methoxy groups -OCH3 is 2. The first-order chi connectivity index (χ1) is 13.3. The maximum atomic E-state index is 14.6. The Labute approximate surface area is 160 Å². The molecule has 0 atom stereocenters. The summed E-state index contributed by atoms with van der Waals surface area (Å²) >= 11 is 0. The van der Waals surface area contributed by atoms with Gasteiger partial charge in [0.1, 0.15) is 17.0 Å². The average molecular weight is 390 g/mol. The Morgan fingerprint density at radius 2 is 1.89 bits per heavy atom. The maximum Gasteiger partial charge on any atom is 0.319 e. The third kappa shape index (κ3) is 2.71. The van der Waals surface area contributed by atoms with Crippen molar-refractivity contribution in [3.63, 3.8) is 0 Å². The van der Waals surface area contributed by atoms with Crippen LogP contribution in [0.1, 0.15) is 13.8 Å². The van der Waals surface area contributed by atoms with Crippen LogP contribution in [0, 0.1) is 5.41 Å². The van der Waals surface area contributed by atoms with Crippen LogP contribution in [-0.2, 0) is 0 Å². The minimum atomic E-state index is -2.85. The van der Waals surface area contributed by atoms with Crippen LogP contribution >= 0.6 is 0 Å². The Balaban J connectivity index is 1.93. The summed E-state index contributed by atoms with van der Waals surface area (Å²) in [5, 5.41) is 5.26. The number of hydrogen-bond donors (Lipinski definition) is 0. The lowest BCUT2D eigenvalue weighted by Gasteiger charge is -2.24. The van der Waals surface area contributed by atoms with Crippen molar-refractivity contribution in [1.82, 2.24) is 24.7 Å². The normalized spacial score (nSPS) is 17.9. The summed E-state index contributed by atoms with van der Waals surface area (Å²) in [6.45, 7) is 2.88. The summed E-state index contributed by atoms with van der Waals surface area (Å²) in [7, 11) is 2.91. The van der Waals surface area contributed by atoms with Gasteiger partial charge in [0.15, 0.2) is 0 Å². The largest absolute Gasteiger partial charge is 0.479 e. The summed E-state index contributed by atoms with van der Waals surface area (Å²) in [5.74, 6) is -2.10. The molecule has 8 nitrogen and oxygen atoms in total. The highest BCUT2D eigenvalue weighted by atomic mass is 19.3. The number of anilines is 1. The molecule has 3 aromatic rings. The number of alkyl halides is 2. The fraction of sp³-hybridized carbons (Fsp3) is 0.444. The number of halogens is 2. The first-order valence-electron chi connectivity index (χ1n) is 8.68. The van der Waals surface area contributed by atoms with E-state index in [2.05, 4.69) is 20.1 Å². The van der Waals surface area contributed by atoms with E-state index in [1.54, 1.807) is 37.2 Å². The molecule has 0 spiro atoms. The second kappa shape index (κ2) is 6.25. The molecule has 0 saturated carbocycles. The van der Waals surface area contributed by atoms with E-state index in [1.165, 1.54) is 25.1 Å². The van der Waals surface area contributed by atoms with Gasteiger partial charge in [0.05, 0.1) is 33.2 Å². The molecule has 4 heterocycles. The van der Waals surface area contributed by atoms with Crippen molar-refractivity contribution < 1.29 is 18.3 Å². The predicted octanol–water partition coefficient (Wildman–Crippen LogP) is 2.71. The lowest BCUT2D eigenvalue weighted by Crippen LogP contribution is -2.34. The molecule has 1 aliphatic rings. The molecule has 1 fully saturated rings. The molecule has 0 N–H and O–H groups in total. The van der Waals surface area contributed by atoms with Crippen LogP contribution in [0.2, 0.25) is 0 Å². The molecule has 0 unspecified atom stereocenters. The number of fused-ring (bicyclic) bond motifs is 1. The first kappa shape index (κ1) is 18.3. The van der Waals surface area contributed by atoms with Crippen LogP contribution in [0.25, 0.3) is 16.6 Å². The number of ether oxygens (including phenoxy) is 2. The zero-order valence-electron chi connectivity index (χ0n) is 16.0. The van der Waals surface area contributed by atoms with E-state index < -0.39 is 17.9 Å². The summed E-state index contributed by atoms with van der Waals surface area (Å²) in [4.78, 5) is 14.0. The Morgan fingerprint density at radius 1 is 1.11 bits per heavy atom. The fourth-order valence-electron chi connectivity index (χ4n) is 3.39. The maximum absolute atomic E-state index is 14.6. The van der Waals surface area contributed by atoms with Crippen LogP contribution in [0.5, 0.6) is 11.9 Å². The molecule has 148 valence electrons. The van der Waals surface area contributed by atoms with Gasteiger partial charge in [-0.15, -0.1) is 0 Å². The Hall–Kier alpha value is -3.04. The summed E-state index contributed by atoms with van der Waals surface area (Å²) in [6, 6.07) is 1.89. The zero-order valence-corrected chi connectivity index (χ0v) is 16.0. The van der Waals surface area contributed by atoms with Crippen LogP contribution in [0.4, 0.5) is 14.6 Å². The van der Waals surface area contributed by atoms with Crippen LogP contribution in [0.3, 0.4) is 0 Å². The van der Waals surface area contributed by atoms with E-state index in [4.69, 9.17) is 9.47 Å². The zero-order chi connectivity index (χ0) is 20.1. The molecule has 0 bridgehead atoms. The highest BCUT2D eigenvalue weighted by molar-refractivity contribution is 5.91. The molecule has 1 saturated heterocycles. The molecule has 28 heavy (non-hydrogen) atoms. The third-order valence-corrected chi connectivity index (χ3v) is 5.03. The van der Waals surface area contributed by atoms with Gasteiger partial charge in [-0.1, -0.05) is 13.8 Å². The number of hydrogen-bond acceptors (Lipinski definition) is 7. The van der Waals surface area contributed by atoms with Gasteiger partial charge in [0, 0.05) is 23.5 Å². The number of rotatable bonds is 4. The van der Waals surface area contributed by atoms with Gasteiger partial charge in [0.25, 0.3) is 5.92 Å². The van der Waals surface area contributed by atoms with Gasteiger partial charge in [-0.25, -0.2) is 18.4 Å². The van der Waals surface area contributed by atoms with Crippen molar-refractivity contribution >= 4 is 16.7 Å². The van der Waals surface area contributed by atoms with Crippen molar-refractivity contribution in [1.29, 1.82) is 0 Å². The van der Waals surface area contributed by atoms with Gasteiger partial charge in [-0.05, 0) is 6.07 Å². The third-order valence-electron chi connectivity index (χ3n) is 5.03. The Bertz CT molecular complexity index is 1020. The van der Waals surface area contributed by atoms with Crippen LogP contribution in [-0.4, -0.2) is 58.0 Å². The molecular formula is C18H20F2N6O2. The molecule has 3 aromatic heterocycles. The van der Waals surface area contributed by atoms with E-state index in [-0.39, 0.29) is 18.4 Å². The van der Waals surface area contributed by atoms with Gasteiger partial charge in [0.2, 0.25) is 5.88 Å². The highest BCUT2D eigenvalue weighted by Gasteiger charge is 2.55. The number of aromatic nitrogens is 5. The van der Waals surface area contributed by atoms with E-state index in [9.17, 15) is 8.78 Å². The van der Waals surface area contributed by atoms with Crippen molar-refractivity contribution in [2.75, 3.05) is 32.2 Å². The van der Waals surface area contributed by atoms with Crippen molar-refractivity contribution in [3.05, 3.63) is 24.7 Å². The van der Waals surface area contributed by atoms with Gasteiger partial charge in [-0.2, -0.15) is 10.1 Å². The molecule has 4 rings (SSSR count). The fourth-order valence-corrected chi connectivity index (χ4v) is 3.39. The van der Waals surface area contributed by atoms with Crippen LogP contribution in [0.15, 0.2) is 24.7 Å².